The van der Waals surface area contributed by atoms with Crippen molar-refractivity contribution in [3.63, 3.8) is 0 Å². The number of fused-ring (bicyclic) bond motifs is 1. The maximum absolute atomic E-state index is 12.4. The highest BCUT2D eigenvalue weighted by Gasteiger charge is 2.42. The fourth-order valence-electron chi connectivity index (χ4n) is 3.07. The molecule has 3 heterocycles. The van der Waals surface area contributed by atoms with Crippen LogP contribution in [0, 0.1) is 0 Å². The topological polar surface area (TPSA) is 68.9 Å². The average molecular weight is 306 g/mol. The molecular formula is C15H22N4O3. The molecule has 0 radical (unpaired) electrons. The molecule has 3 rings (SSSR count). The molecule has 2 aliphatic heterocycles. The number of carbonyl (C=O) groups excluding carboxylic acids is 2. The highest BCUT2D eigenvalue weighted by atomic mass is 16.5. The third-order valence-corrected chi connectivity index (χ3v) is 4.37. The Balaban J connectivity index is 1.67. The molecule has 0 aliphatic carbocycles. The summed E-state index contributed by atoms with van der Waals surface area (Å²) in [4.78, 5) is 32.9. The summed E-state index contributed by atoms with van der Waals surface area (Å²) >= 11 is 0. The lowest BCUT2D eigenvalue weighted by Gasteiger charge is -2.36. The number of H-pyrrole nitrogens is 1. The van der Waals surface area contributed by atoms with Crippen LogP contribution >= 0.6 is 0 Å². The minimum absolute atomic E-state index is 0.0115. The molecule has 22 heavy (non-hydrogen) atoms. The minimum Gasteiger partial charge on any atom is -0.373 e. The average Bonchev–Trinajstić information content (AvgIpc) is 3.16. The van der Waals surface area contributed by atoms with Crippen LogP contribution in [0.1, 0.15) is 10.5 Å². The highest BCUT2D eigenvalue weighted by molar-refractivity contribution is 5.92. The Morgan fingerprint density at radius 2 is 2.23 bits per heavy atom. The van der Waals surface area contributed by atoms with Gasteiger partial charge in [-0.1, -0.05) is 0 Å². The SMILES string of the molecule is CN(C)C(=O)CN1CCO[C@H]2CN(C(=O)c3ccc[nH]3)C[C@H]21. The van der Waals surface area contributed by atoms with Crippen molar-refractivity contribution in [2.45, 2.75) is 12.1 Å². The van der Waals surface area contributed by atoms with Crippen LogP contribution in [0.25, 0.3) is 0 Å². The number of hydrogen-bond donors (Lipinski definition) is 1. The Bertz CT molecular complexity index is 543. The Morgan fingerprint density at radius 3 is 2.91 bits per heavy atom. The molecule has 0 unspecified atom stereocenters. The number of carbonyl (C=O) groups is 2. The maximum Gasteiger partial charge on any atom is 0.270 e. The second-order valence-corrected chi connectivity index (χ2v) is 6.03. The molecule has 2 amide bonds. The van der Waals surface area contributed by atoms with E-state index in [0.717, 1.165) is 6.54 Å². The normalized spacial score (nSPS) is 25.1. The molecule has 0 bridgehead atoms. The Morgan fingerprint density at radius 1 is 1.41 bits per heavy atom. The lowest BCUT2D eigenvalue weighted by atomic mass is 10.1. The van der Waals surface area contributed by atoms with E-state index in [-0.39, 0.29) is 24.0 Å². The van der Waals surface area contributed by atoms with E-state index >= 15 is 0 Å². The van der Waals surface area contributed by atoms with Crippen LogP contribution in [-0.4, -0.2) is 90.5 Å². The lowest BCUT2D eigenvalue weighted by Crippen LogP contribution is -2.53. The van der Waals surface area contributed by atoms with E-state index in [0.29, 0.717) is 31.9 Å². The minimum atomic E-state index is -0.0121. The van der Waals surface area contributed by atoms with Crippen molar-refractivity contribution in [1.82, 2.24) is 19.7 Å². The van der Waals surface area contributed by atoms with Gasteiger partial charge < -0.3 is 19.5 Å². The molecule has 2 saturated heterocycles. The van der Waals surface area contributed by atoms with Gasteiger partial charge in [-0.2, -0.15) is 0 Å². The molecular weight excluding hydrogens is 284 g/mol. The molecule has 7 heteroatoms. The van der Waals surface area contributed by atoms with Crippen molar-refractivity contribution in [3.05, 3.63) is 24.0 Å². The summed E-state index contributed by atoms with van der Waals surface area (Å²) in [7, 11) is 3.52. The quantitative estimate of drug-likeness (QED) is 0.827. The summed E-state index contributed by atoms with van der Waals surface area (Å²) in [5, 5.41) is 0. The number of morpholine rings is 1. The number of ether oxygens (including phenoxy) is 1. The van der Waals surface area contributed by atoms with E-state index in [9.17, 15) is 9.59 Å². The van der Waals surface area contributed by atoms with Crippen molar-refractivity contribution in [3.8, 4) is 0 Å². The van der Waals surface area contributed by atoms with Crippen molar-refractivity contribution < 1.29 is 14.3 Å². The van der Waals surface area contributed by atoms with Gasteiger partial charge in [0.25, 0.3) is 5.91 Å². The fraction of sp³-hybridized carbons (Fsp3) is 0.600. The van der Waals surface area contributed by atoms with Gasteiger partial charge in [0.2, 0.25) is 5.91 Å². The number of amides is 2. The monoisotopic (exact) mass is 306 g/mol. The number of nitrogens with one attached hydrogen (secondary N) is 1. The number of rotatable bonds is 3. The second-order valence-electron chi connectivity index (χ2n) is 6.03. The Kier molecular flexibility index (Phi) is 4.17. The molecule has 0 spiro atoms. The molecule has 7 nitrogen and oxygen atoms in total. The molecule has 1 aromatic heterocycles. The molecule has 2 atom stereocenters. The summed E-state index contributed by atoms with van der Waals surface area (Å²) in [6.07, 6.45) is 1.73. The zero-order valence-electron chi connectivity index (χ0n) is 13.0. The largest absolute Gasteiger partial charge is 0.373 e. The molecule has 120 valence electrons. The fourth-order valence-corrected chi connectivity index (χ4v) is 3.07. The molecule has 1 aromatic rings. The van der Waals surface area contributed by atoms with Crippen LogP contribution in [0.4, 0.5) is 0 Å². The number of aromatic amines is 1. The van der Waals surface area contributed by atoms with E-state index in [4.69, 9.17) is 4.74 Å². The summed E-state index contributed by atoms with van der Waals surface area (Å²) < 4.78 is 5.80. The first kappa shape index (κ1) is 15.1. The first-order valence-electron chi connectivity index (χ1n) is 7.54. The third kappa shape index (κ3) is 2.86. The van der Waals surface area contributed by atoms with Gasteiger partial charge in [-0.15, -0.1) is 0 Å². The summed E-state index contributed by atoms with van der Waals surface area (Å²) in [5.41, 5.74) is 0.592. The van der Waals surface area contributed by atoms with E-state index in [1.165, 1.54) is 0 Å². The molecule has 2 aliphatic rings. The summed E-state index contributed by atoms with van der Waals surface area (Å²) in [5.74, 6) is 0.0664. The predicted octanol–water partition coefficient (Wildman–Crippen LogP) is -0.372. The van der Waals surface area contributed by atoms with Crippen LogP contribution in [0.15, 0.2) is 18.3 Å². The molecule has 1 N–H and O–H groups in total. The van der Waals surface area contributed by atoms with E-state index in [1.807, 2.05) is 6.07 Å². The van der Waals surface area contributed by atoms with E-state index in [2.05, 4.69) is 9.88 Å². The molecule has 0 aromatic carbocycles. The first-order chi connectivity index (χ1) is 10.6. The van der Waals surface area contributed by atoms with Crippen LogP contribution in [0.5, 0.6) is 0 Å². The Hall–Kier alpha value is -1.86. The van der Waals surface area contributed by atoms with Gasteiger partial charge in [0, 0.05) is 39.9 Å². The van der Waals surface area contributed by atoms with Crippen molar-refractivity contribution >= 4 is 11.8 Å². The standard InChI is InChI=1S/C15H22N4O3/c1-17(2)14(20)10-18-6-7-22-13-9-19(8-12(13)18)15(21)11-4-3-5-16-11/h3-5,12-13,16H,6-10H2,1-2H3/t12-,13+/m1/s1. The predicted molar refractivity (Wildman–Crippen MR) is 80.5 cm³/mol. The van der Waals surface area contributed by atoms with Gasteiger partial charge in [0.1, 0.15) is 5.69 Å². The van der Waals surface area contributed by atoms with Crippen molar-refractivity contribution in [2.75, 3.05) is 46.9 Å². The number of likely N-dealkylation sites (N-methyl/N-ethyl adjacent to an activating group) is 1. The van der Waals surface area contributed by atoms with E-state index < -0.39 is 0 Å². The van der Waals surface area contributed by atoms with Gasteiger partial charge in [-0.05, 0) is 12.1 Å². The first-order valence-corrected chi connectivity index (χ1v) is 7.54. The van der Waals surface area contributed by atoms with Crippen LogP contribution in [-0.2, 0) is 9.53 Å². The van der Waals surface area contributed by atoms with Gasteiger partial charge in [0.05, 0.1) is 25.3 Å². The molecule has 2 fully saturated rings. The molecule has 0 saturated carbocycles. The maximum atomic E-state index is 12.4. The van der Waals surface area contributed by atoms with Crippen LogP contribution < -0.4 is 0 Å². The van der Waals surface area contributed by atoms with Crippen LogP contribution in [0.3, 0.4) is 0 Å². The van der Waals surface area contributed by atoms with Gasteiger partial charge in [0.15, 0.2) is 0 Å². The summed E-state index contributed by atoms with van der Waals surface area (Å²) in [6, 6.07) is 3.68. The van der Waals surface area contributed by atoms with Gasteiger partial charge in [-0.25, -0.2) is 0 Å². The Labute approximate surface area is 129 Å². The second kappa shape index (κ2) is 6.10. The lowest BCUT2D eigenvalue weighted by molar-refractivity contribution is -0.133. The van der Waals surface area contributed by atoms with E-state index in [1.54, 1.807) is 36.2 Å². The smallest absolute Gasteiger partial charge is 0.270 e. The number of hydrogen-bond acceptors (Lipinski definition) is 4. The zero-order valence-corrected chi connectivity index (χ0v) is 13.0. The van der Waals surface area contributed by atoms with Crippen molar-refractivity contribution in [1.29, 1.82) is 0 Å². The third-order valence-electron chi connectivity index (χ3n) is 4.37. The number of nitrogens with zero attached hydrogens (tertiary/aromatic N) is 3. The number of aromatic nitrogens is 1. The van der Waals surface area contributed by atoms with Crippen molar-refractivity contribution in [2.24, 2.45) is 0 Å². The van der Waals surface area contributed by atoms with Gasteiger partial charge >= 0.3 is 0 Å². The summed E-state index contributed by atoms with van der Waals surface area (Å²) in [6.45, 7) is 2.89. The zero-order chi connectivity index (χ0) is 15.7. The number of likely N-dealkylation sites (tertiary alicyclic amines) is 1. The highest BCUT2D eigenvalue weighted by Crippen LogP contribution is 2.24. The van der Waals surface area contributed by atoms with Crippen LogP contribution in [0.2, 0.25) is 0 Å². The van der Waals surface area contributed by atoms with Gasteiger partial charge in [-0.3, -0.25) is 14.5 Å².